The van der Waals surface area contributed by atoms with Crippen LogP contribution in [0.5, 0.6) is 0 Å². The summed E-state index contributed by atoms with van der Waals surface area (Å²) in [4.78, 5) is 32.7. The minimum absolute atomic E-state index is 0.0672. The number of benzene rings is 1. The van der Waals surface area contributed by atoms with E-state index >= 15 is 0 Å². The molecule has 1 N–H and O–H groups in total. The average Bonchev–Trinajstić information content (AvgIpc) is 2.73. The van der Waals surface area contributed by atoms with E-state index in [0.29, 0.717) is 13.0 Å². The van der Waals surface area contributed by atoms with Crippen LogP contribution in [0.3, 0.4) is 0 Å². The molecule has 1 aliphatic heterocycles. The first-order chi connectivity index (χ1) is 15.0. The summed E-state index contributed by atoms with van der Waals surface area (Å²) in [5.74, 6) is 0.473. The minimum atomic E-state index is -0.606. The highest BCUT2D eigenvalue weighted by molar-refractivity contribution is 5.86. The highest BCUT2D eigenvalue weighted by Gasteiger charge is 2.45. The lowest BCUT2D eigenvalue weighted by Crippen LogP contribution is -2.56. The SMILES string of the molecule is CC(C)NC(=O)C1(Cc2ccccc2-c2ccncc2)CCCN(C(=O)C2CCC2)C1. The van der Waals surface area contributed by atoms with E-state index < -0.39 is 5.41 Å². The van der Waals surface area contributed by atoms with E-state index in [9.17, 15) is 9.59 Å². The van der Waals surface area contributed by atoms with E-state index in [1.807, 2.05) is 43.0 Å². The van der Waals surface area contributed by atoms with E-state index in [1.165, 1.54) is 0 Å². The molecule has 5 heteroatoms. The molecular weight excluding hydrogens is 386 g/mol. The van der Waals surface area contributed by atoms with E-state index in [1.54, 1.807) is 12.4 Å². The summed E-state index contributed by atoms with van der Waals surface area (Å²) < 4.78 is 0. The summed E-state index contributed by atoms with van der Waals surface area (Å²) in [5, 5.41) is 3.16. The van der Waals surface area contributed by atoms with Crippen LogP contribution in [0.1, 0.15) is 51.5 Å². The summed E-state index contributed by atoms with van der Waals surface area (Å²) in [6.07, 6.45) is 9.00. The second-order valence-corrected chi connectivity index (χ2v) is 9.47. The number of hydrogen-bond donors (Lipinski definition) is 1. The van der Waals surface area contributed by atoms with Crippen molar-refractivity contribution in [2.75, 3.05) is 13.1 Å². The van der Waals surface area contributed by atoms with Gasteiger partial charge in [-0.05, 0) is 74.8 Å². The molecule has 1 aromatic heterocycles. The number of carbonyl (C=O) groups excluding carboxylic acids is 2. The van der Waals surface area contributed by atoms with Crippen LogP contribution in [0.2, 0.25) is 0 Å². The number of likely N-dealkylation sites (tertiary alicyclic amines) is 1. The van der Waals surface area contributed by atoms with Gasteiger partial charge in [-0.1, -0.05) is 30.7 Å². The molecule has 2 aliphatic rings. The van der Waals surface area contributed by atoms with Crippen molar-refractivity contribution >= 4 is 11.8 Å². The molecule has 0 bridgehead atoms. The summed E-state index contributed by atoms with van der Waals surface area (Å²) in [5.41, 5.74) is 2.77. The third-order valence-electron chi connectivity index (χ3n) is 6.78. The van der Waals surface area contributed by atoms with Crippen molar-refractivity contribution < 1.29 is 9.59 Å². The van der Waals surface area contributed by atoms with Gasteiger partial charge < -0.3 is 10.2 Å². The maximum Gasteiger partial charge on any atom is 0.228 e. The molecule has 2 amide bonds. The lowest BCUT2D eigenvalue weighted by molar-refractivity contribution is -0.146. The monoisotopic (exact) mass is 419 g/mol. The Morgan fingerprint density at radius 2 is 1.87 bits per heavy atom. The molecule has 1 atom stereocenters. The predicted octanol–water partition coefficient (Wildman–Crippen LogP) is 4.22. The smallest absolute Gasteiger partial charge is 0.228 e. The lowest BCUT2D eigenvalue weighted by atomic mass is 9.72. The van der Waals surface area contributed by atoms with E-state index in [-0.39, 0.29) is 23.8 Å². The Bertz CT molecular complexity index is 923. The zero-order chi connectivity index (χ0) is 21.8. The van der Waals surface area contributed by atoms with Gasteiger partial charge in [-0.25, -0.2) is 0 Å². The molecule has 2 fully saturated rings. The summed E-state index contributed by atoms with van der Waals surface area (Å²) in [6.45, 7) is 5.26. The molecule has 1 aromatic carbocycles. The zero-order valence-corrected chi connectivity index (χ0v) is 18.6. The fourth-order valence-electron chi connectivity index (χ4n) is 4.91. The second kappa shape index (κ2) is 9.21. The second-order valence-electron chi connectivity index (χ2n) is 9.47. The van der Waals surface area contributed by atoms with Gasteiger partial charge in [-0.2, -0.15) is 0 Å². The van der Waals surface area contributed by atoms with Crippen LogP contribution in [0.25, 0.3) is 11.1 Å². The van der Waals surface area contributed by atoms with Gasteiger partial charge in [0.1, 0.15) is 0 Å². The topological polar surface area (TPSA) is 62.3 Å². The van der Waals surface area contributed by atoms with Gasteiger partial charge in [0.2, 0.25) is 11.8 Å². The fourth-order valence-corrected chi connectivity index (χ4v) is 4.91. The number of piperidine rings is 1. The Hall–Kier alpha value is -2.69. The van der Waals surface area contributed by atoms with Crippen molar-refractivity contribution in [1.29, 1.82) is 0 Å². The first-order valence-corrected chi connectivity index (χ1v) is 11.6. The minimum Gasteiger partial charge on any atom is -0.353 e. The predicted molar refractivity (Wildman–Crippen MR) is 122 cm³/mol. The molecule has 4 rings (SSSR count). The molecule has 0 radical (unpaired) electrons. The van der Waals surface area contributed by atoms with E-state index in [2.05, 4.69) is 22.4 Å². The molecule has 164 valence electrons. The highest BCUT2D eigenvalue weighted by atomic mass is 16.2. The maximum atomic E-state index is 13.5. The molecule has 1 aliphatic carbocycles. The normalized spacial score (nSPS) is 21.6. The van der Waals surface area contributed by atoms with Gasteiger partial charge in [0.15, 0.2) is 0 Å². The third-order valence-corrected chi connectivity index (χ3v) is 6.78. The summed E-state index contributed by atoms with van der Waals surface area (Å²) in [6, 6.07) is 12.4. The Morgan fingerprint density at radius 1 is 1.13 bits per heavy atom. The van der Waals surface area contributed by atoms with Crippen molar-refractivity contribution in [1.82, 2.24) is 15.2 Å². The maximum absolute atomic E-state index is 13.5. The molecule has 1 unspecified atom stereocenters. The average molecular weight is 420 g/mol. The summed E-state index contributed by atoms with van der Waals surface area (Å²) in [7, 11) is 0. The lowest BCUT2D eigenvalue weighted by Gasteiger charge is -2.44. The molecular formula is C26H33N3O2. The Labute approximate surface area is 185 Å². The molecule has 0 spiro atoms. The van der Waals surface area contributed by atoms with Gasteiger partial charge in [-0.3, -0.25) is 14.6 Å². The van der Waals surface area contributed by atoms with Crippen LogP contribution >= 0.6 is 0 Å². The van der Waals surface area contributed by atoms with Gasteiger partial charge in [0.05, 0.1) is 5.41 Å². The molecule has 2 aromatic rings. The van der Waals surface area contributed by atoms with E-state index in [0.717, 1.165) is 55.3 Å². The van der Waals surface area contributed by atoms with Crippen LogP contribution in [0.4, 0.5) is 0 Å². The third kappa shape index (κ3) is 4.65. The van der Waals surface area contributed by atoms with Crippen LogP contribution < -0.4 is 5.32 Å². The Morgan fingerprint density at radius 3 is 2.55 bits per heavy atom. The van der Waals surface area contributed by atoms with Crippen LogP contribution in [-0.2, 0) is 16.0 Å². The fraction of sp³-hybridized carbons (Fsp3) is 0.500. The van der Waals surface area contributed by atoms with Crippen molar-refractivity contribution in [2.24, 2.45) is 11.3 Å². The number of hydrogen-bond acceptors (Lipinski definition) is 3. The van der Waals surface area contributed by atoms with Gasteiger partial charge in [-0.15, -0.1) is 0 Å². The number of aromatic nitrogens is 1. The first kappa shape index (κ1) is 21.5. The number of pyridine rings is 1. The number of nitrogens with one attached hydrogen (secondary N) is 1. The highest BCUT2D eigenvalue weighted by Crippen LogP contribution is 2.39. The Kier molecular flexibility index (Phi) is 6.40. The zero-order valence-electron chi connectivity index (χ0n) is 18.6. The molecule has 1 saturated carbocycles. The number of rotatable bonds is 6. The molecule has 1 saturated heterocycles. The van der Waals surface area contributed by atoms with Crippen molar-refractivity contribution in [3.05, 3.63) is 54.4 Å². The van der Waals surface area contributed by atoms with Crippen LogP contribution in [-0.4, -0.2) is 40.8 Å². The number of amides is 2. The molecule has 5 nitrogen and oxygen atoms in total. The number of nitrogens with zero attached hydrogens (tertiary/aromatic N) is 2. The van der Waals surface area contributed by atoms with Gasteiger partial charge in [0.25, 0.3) is 0 Å². The Balaban J connectivity index is 1.66. The van der Waals surface area contributed by atoms with Gasteiger partial charge >= 0.3 is 0 Å². The quantitative estimate of drug-likeness (QED) is 0.762. The first-order valence-electron chi connectivity index (χ1n) is 11.6. The van der Waals surface area contributed by atoms with Crippen LogP contribution in [0, 0.1) is 11.3 Å². The summed E-state index contributed by atoms with van der Waals surface area (Å²) >= 11 is 0. The standard InChI is InChI=1S/C26H33N3O2/c1-19(2)28-25(31)26(13-6-16-29(18-26)24(30)21-8-5-9-21)17-22-7-3-4-10-23(22)20-11-14-27-15-12-20/h3-4,7,10-12,14-15,19,21H,5-6,8-9,13,16-18H2,1-2H3,(H,28,31). The number of carbonyl (C=O) groups is 2. The van der Waals surface area contributed by atoms with Crippen molar-refractivity contribution in [3.63, 3.8) is 0 Å². The molecule has 31 heavy (non-hydrogen) atoms. The van der Waals surface area contributed by atoms with Crippen molar-refractivity contribution in [3.8, 4) is 11.1 Å². The van der Waals surface area contributed by atoms with Gasteiger partial charge in [0, 0.05) is 37.4 Å². The van der Waals surface area contributed by atoms with E-state index in [4.69, 9.17) is 0 Å². The van der Waals surface area contributed by atoms with Crippen LogP contribution in [0.15, 0.2) is 48.8 Å². The van der Waals surface area contributed by atoms with Crippen molar-refractivity contribution in [2.45, 2.75) is 58.4 Å². The molecule has 2 heterocycles. The largest absolute Gasteiger partial charge is 0.353 e.